The molecule has 0 amide bonds. The van der Waals surface area contributed by atoms with E-state index in [1.54, 1.807) is 12.2 Å². The van der Waals surface area contributed by atoms with E-state index in [0.29, 0.717) is 0 Å². The zero-order valence-corrected chi connectivity index (χ0v) is 6.21. The van der Waals surface area contributed by atoms with Gasteiger partial charge in [0.05, 0.1) is 0 Å². The Morgan fingerprint density at radius 2 is 2.09 bits per heavy atom. The fourth-order valence-corrected chi connectivity index (χ4v) is 1.68. The van der Waals surface area contributed by atoms with E-state index >= 15 is 0 Å². The highest BCUT2D eigenvalue weighted by atomic mass is 16.3. The van der Waals surface area contributed by atoms with Gasteiger partial charge < -0.3 is 5.11 Å². The molecular formula is C9H10O2. The van der Waals surface area contributed by atoms with E-state index < -0.39 is 6.10 Å². The molecule has 0 spiro atoms. The molecule has 0 aromatic rings. The predicted molar refractivity (Wildman–Crippen MR) is 41.0 cm³/mol. The molecule has 1 atom stereocenters. The van der Waals surface area contributed by atoms with Gasteiger partial charge in [-0.3, -0.25) is 4.79 Å². The van der Waals surface area contributed by atoms with Crippen molar-refractivity contribution < 1.29 is 9.90 Å². The zero-order valence-electron chi connectivity index (χ0n) is 6.21. The van der Waals surface area contributed by atoms with Crippen molar-refractivity contribution in [2.75, 3.05) is 0 Å². The highest BCUT2D eigenvalue weighted by Gasteiger charge is 2.23. The molecule has 2 nitrogen and oxygen atoms in total. The second kappa shape index (κ2) is 2.31. The third-order valence-corrected chi connectivity index (χ3v) is 2.27. The molecule has 2 aliphatic carbocycles. The summed E-state index contributed by atoms with van der Waals surface area (Å²) in [5.41, 5.74) is 2.32. The predicted octanol–water partition coefficient (Wildman–Crippen LogP) is 0.967. The molecule has 0 bridgehead atoms. The standard InChI is InChI=1S/C9H10O2/c10-8-4-6-2-1-3-7(6)5-9(8)11/h4-5,8,10H,1-3H2. The first kappa shape index (κ1) is 6.80. The minimum absolute atomic E-state index is 0.161. The summed E-state index contributed by atoms with van der Waals surface area (Å²) >= 11 is 0. The van der Waals surface area contributed by atoms with Crippen molar-refractivity contribution in [2.45, 2.75) is 25.4 Å². The number of fused-ring (bicyclic) bond motifs is 1. The molecule has 58 valence electrons. The van der Waals surface area contributed by atoms with E-state index in [4.69, 9.17) is 5.11 Å². The minimum Gasteiger partial charge on any atom is -0.381 e. The Morgan fingerprint density at radius 1 is 1.36 bits per heavy atom. The lowest BCUT2D eigenvalue weighted by molar-refractivity contribution is -0.120. The van der Waals surface area contributed by atoms with Gasteiger partial charge in [-0.15, -0.1) is 0 Å². The normalized spacial score (nSPS) is 29.5. The van der Waals surface area contributed by atoms with Crippen LogP contribution in [0.4, 0.5) is 0 Å². The zero-order chi connectivity index (χ0) is 7.84. The van der Waals surface area contributed by atoms with Crippen molar-refractivity contribution in [3.05, 3.63) is 23.3 Å². The molecule has 0 aromatic heterocycles. The van der Waals surface area contributed by atoms with E-state index in [-0.39, 0.29) is 5.78 Å². The van der Waals surface area contributed by atoms with Gasteiger partial charge in [-0.05, 0) is 42.6 Å². The third kappa shape index (κ3) is 1.03. The second-order valence-electron chi connectivity index (χ2n) is 3.06. The summed E-state index contributed by atoms with van der Waals surface area (Å²) in [4.78, 5) is 11.0. The van der Waals surface area contributed by atoms with E-state index in [1.165, 1.54) is 5.57 Å². The summed E-state index contributed by atoms with van der Waals surface area (Å²) in [5, 5.41) is 9.15. The van der Waals surface area contributed by atoms with E-state index in [9.17, 15) is 4.79 Å². The van der Waals surface area contributed by atoms with Crippen molar-refractivity contribution in [3.8, 4) is 0 Å². The Hall–Kier alpha value is -0.890. The van der Waals surface area contributed by atoms with Crippen molar-refractivity contribution in [1.82, 2.24) is 0 Å². The van der Waals surface area contributed by atoms with Gasteiger partial charge in [-0.2, -0.15) is 0 Å². The van der Waals surface area contributed by atoms with Crippen LogP contribution in [0.25, 0.3) is 0 Å². The number of carbonyl (C=O) groups is 1. The summed E-state index contributed by atoms with van der Waals surface area (Å²) in [5.74, 6) is -0.161. The third-order valence-electron chi connectivity index (χ3n) is 2.27. The first-order valence-electron chi connectivity index (χ1n) is 3.91. The first-order chi connectivity index (χ1) is 5.27. The van der Waals surface area contributed by atoms with Crippen molar-refractivity contribution in [2.24, 2.45) is 0 Å². The van der Waals surface area contributed by atoms with Crippen LogP contribution in [0.1, 0.15) is 19.3 Å². The van der Waals surface area contributed by atoms with Gasteiger partial charge in [-0.25, -0.2) is 0 Å². The number of hydrogen-bond donors (Lipinski definition) is 1. The number of rotatable bonds is 0. The van der Waals surface area contributed by atoms with Gasteiger partial charge in [0.1, 0.15) is 6.10 Å². The van der Waals surface area contributed by atoms with Gasteiger partial charge in [0.25, 0.3) is 0 Å². The molecule has 11 heavy (non-hydrogen) atoms. The van der Waals surface area contributed by atoms with Crippen LogP contribution in [0.3, 0.4) is 0 Å². The Morgan fingerprint density at radius 3 is 2.91 bits per heavy atom. The summed E-state index contributed by atoms with van der Waals surface area (Å²) < 4.78 is 0. The second-order valence-corrected chi connectivity index (χ2v) is 3.06. The maximum atomic E-state index is 11.0. The average Bonchev–Trinajstić information content (AvgIpc) is 2.36. The molecular weight excluding hydrogens is 140 g/mol. The molecule has 1 N–H and O–H groups in total. The minimum atomic E-state index is -0.869. The summed E-state index contributed by atoms with van der Waals surface area (Å²) in [6, 6.07) is 0. The molecule has 1 unspecified atom stereocenters. The van der Waals surface area contributed by atoms with E-state index in [2.05, 4.69) is 0 Å². The fraction of sp³-hybridized carbons (Fsp3) is 0.444. The summed E-state index contributed by atoms with van der Waals surface area (Å²) in [7, 11) is 0. The van der Waals surface area contributed by atoms with Crippen LogP contribution in [-0.2, 0) is 4.79 Å². The topological polar surface area (TPSA) is 37.3 Å². The monoisotopic (exact) mass is 150 g/mol. The molecule has 2 aliphatic rings. The van der Waals surface area contributed by atoms with Crippen LogP contribution in [-0.4, -0.2) is 17.0 Å². The summed E-state index contributed by atoms with van der Waals surface area (Å²) in [6.45, 7) is 0. The quantitative estimate of drug-likeness (QED) is 0.558. The molecule has 1 fully saturated rings. The Balaban J connectivity index is 2.36. The van der Waals surface area contributed by atoms with Crippen LogP contribution >= 0.6 is 0 Å². The SMILES string of the molecule is O=C1C=C2CCCC2=CC1O. The molecule has 2 rings (SSSR count). The van der Waals surface area contributed by atoms with Crippen molar-refractivity contribution in [1.29, 1.82) is 0 Å². The van der Waals surface area contributed by atoms with Gasteiger partial charge in [0, 0.05) is 0 Å². The molecule has 1 saturated carbocycles. The van der Waals surface area contributed by atoms with Crippen LogP contribution in [0.15, 0.2) is 23.3 Å². The maximum Gasteiger partial charge on any atom is 0.188 e. The number of hydrogen-bond acceptors (Lipinski definition) is 2. The van der Waals surface area contributed by atoms with Crippen LogP contribution < -0.4 is 0 Å². The van der Waals surface area contributed by atoms with E-state index in [1.807, 2.05) is 0 Å². The number of aliphatic hydroxyl groups excluding tert-OH is 1. The lowest BCUT2D eigenvalue weighted by Crippen LogP contribution is -2.19. The lowest BCUT2D eigenvalue weighted by atomic mass is 9.98. The largest absolute Gasteiger partial charge is 0.381 e. The molecule has 0 saturated heterocycles. The molecule has 0 heterocycles. The Labute approximate surface area is 65.2 Å². The van der Waals surface area contributed by atoms with Gasteiger partial charge >= 0.3 is 0 Å². The van der Waals surface area contributed by atoms with Crippen molar-refractivity contribution in [3.63, 3.8) is 0 Å². The highest BCUT2D eigenvalue weighted by Crippen LogP contribution is 2.32. The molecule has 0 aliphatic heterocycles. The first-order valence-corrected chi connectivity index (χ1v) is 3.91. The smallest absolute Gasteiger partial charge is 0.188 e. The Bertz CT molecular complexity index is 261. The number of ketones is 1. The number of aliphatic hydroxyl groups is 1. The maximum absolute atomic E-state index is 11.0. The molecule has 2 heteroatoms. The van der Waals surface area contributed by atoms with E-state index in [0.717, 1.165) is 24.8 Å². The average molecular weight is 150 g/mol. The van der Waals surface area contributed by atoms with Crippen molar-refractivity contribution >= 4 is 5.78 Å². The van der Waals surface area contributed by atoms with Gasteiger partial charge in [0.15, 0.2) is 5.78 Å². The fourth-order valence-electron chi connectivity index (χ4n) is 1.68. The Kier molecular flexibility index (Phi) is 1.43. The number of carbonyl (C=O) groups excluding carboxylic acids is 1. The summed E-state index contributed by atoms with van der Waals surface area (Å²) in [6.07, 6.45) is 5.56. The van der Waals surface area contributed by atoms with Gasteiger partial charge in [0.2, 0.25) is 0 Å². The van der Waals surface area contributed by atoms with Crippen LogP contribution in [0.2, 0.25) is 0 Å². The molecule has 0 aromatic carbocycles. The highest BCUT2D eigenvalue weighted by molar-refractivity contribution is 5.97. The lowest BCUT2D eigenvalue weighted by Gasteiger charge is -2.10. The van der Waals surface area contributed by atoms with Gasteiger partial charge in [-0.1, -0.05) is 0 Å². The van der Waals surface area contributed by atoms with Crippen LogP contribution in [0.5, 0.6) is 0 Å². The number of allylic oxidation sites excluding steroid dienone is 2. The van der Waals surface area contributed by atoms with Crippen LogP contribution in [0, 0.1) is 0 Å². The molecule has 0 radical (unpaired) electrons.